The third-order valence-corrected chi connectivity index (χ3v) is 5.36. The average molecular weight is 396 g/mol. The maximum Gasteiger partial charge on any atom is 0.317 e. The van der Waals surface area contributed by atoms with Crippen LogP contribution in [-0.2, 0) is 13.1 Å². The Morgan fingerprint density at radius 2 is 1.59 bits per heavy atom. The highest BCUT2D eigenvalue weighted by Crippen LogP contribution is 2.19. The summed E-state index contributed by atoms with van der Waals surface area (Å²) in [5, 5.41) is 11.7. The summed E-state index contributed by atoms with van der Waals surface area (Å²) < 4.78 is 0. The van der Waals surface area contributed by atoms with Crippen molar-refractivity contribution in [2.45, 2.75) is 39.0 Å². The van der Waals surface area contributed by atoms with Crippen molar-refractivity contribution in [1.82, 2.24) is 20.6 Å². The van der Waals surface area contributed by atoms with Crippen LogP contribution in [0.15, 0.2) is 54.6 Å². The number of hydroxylamine groups is 1. The van der Waals surface area contributed by atoms with Gasteiger partial charge in [-0.3, -0.25) is 14.9 Å². The smallest absolute Gasteiger partial charge is 0.317 e. The van der Waals surface area contributed by atoms with Crippen LogP contribution in [0.2, 0.25) is 0 Å². The topological polar surface area (TPSA) is 84.9 Å². The van der Waals surface area contributed by atoms with Crippen molar-refractivity contribution < 1.29 is 14.8 Å². The van der Waals surface area contributed by atoms with Gasteiger partial charge in [0.1, 0.15) is 0 Å². The van der Waals surface area contributed by atoms with Gasteiger partial charge in [0.15, 0.2) is 0 Å². The number of hydrogen-bond donors (Lipinski definition) is 3. The van der Waals surface area contributed by atoms with Gasteiger partial charge in [0, 0.05) is 43.8 Å². The first-order valence-electron chi connectivity index (χ1n) is 9.83. The molecular weight excluding hydrogens is 368 g/mol. The molecule has 2 aromatic carbocycles. The Hall–Kier alpha value is -2.90. The molecule has 0 spiro atoms. The van der Waals surface area contributed by atoms with Crippen LogP contribution in [0.4, 0.5) is 4.79 Å². The highest BCUT2D eigenvalue weighted by atomic mass is 16.5. The molecule has 1 aliphatic heterocycles. The largest absolute Gasteiger partial charge is 0.334 e. The number of rotatable bonds is 5. The maximum atomic E-state index is 12.6. The van der Waals surface area contributed by atoms with E-state index in [1.54, 1.807) is 17.6 Å². The summed E-state index contributed by atoms with van der Waals surface area (Å²) in [6.45, 7) is 6.84. The SMILES string of the molecule is C[C@@H]1CN(C(=O)NCc2ccccc2)C[C@H](C)N1Cc1ccc(C(=O)NO)cc1. The molecule has 0 radical (unpaired) electrons. The summed E-state index contributed by atoms with van der Waals surface area (Å²) in [7, 11) is 0. The highest BCUT2D eigenvalue weighted by molar-refractivity contribution is 5.93. The lowest BCUT2D eigenvalue weighted by atomic mass is 10.1. The molecule has 0 bridgehead atoms. The van der Waals surface area contributed by atoms with Gasteiger partial charge in [0.05, 0.1) is 0 Å². The maximum absolute atomic E-state index is 12.6. The van der Waals surface area contributed by atoms with Crippen LogP contribution in [-0.4, -0.2) is 52.1 Å². The van der Waals surface area contributed by atoms with Crippen LogP contribution in [0.25, 0.3) is 0 Å². The normalized spacial score (nSPS) is 19.6. The van der Waals surface area contributed by atoms with Crippen LogP contribution in [0.1, 0.15) is 35.3 Å². The predicted octanol–water partition coefficient (Wildman–Crippen LogP) is 2.61. The van der Waals surface area contributed by atoms with E-state index in [9.17, 15) is 9.59 Å². The van der Waals surface area contributed by atoms with Gasteiger partial charge in [-0.05, 0) is 37.1 Å². The van der Waals surface area contributed by atoms with Crippen molar-refractivity contribution >= 4 is 11.9 Å². The van der Waals surface area contributed by atoms with Crippen molar-refractivity contribution in [2.24, 2.45) is 0 Å². The van der Waals surface area contributed by atoms with Crippen molar-refractivity contribution in [3.63, 3.8) is 0 Å². The second-order valence-corrected chi connectivity index (χ2v) is 7.56. The van der Waals surface area contributed by atoms with Crippen LogP contribution in [0.3, 0.4) is 0 Å². The second-order valence-electron chi connectivity index (χ2n) is 7.56. The summed E-state index contributed by atoms with van der Waals surface area (Å²) in [6, 6.07) is 17.5. The van der Waals surface area contributed by atoms with Gasteiger partial charge < -0.3 is 10.2 Å². The van der Waals surface area contributed by atoms with E-state index in [2.05, 4.69) is 24.1 Å². The highest BCUT2D eigenvalue weighted by Gasteiger charge is 2.31. The van der Waals surface area contributed by atoms with Crippen LogP contribution in [0, 0.1) is 0 Å². The number of nitrogens with zero attached hydrogens (tertiary/aromatic N) is 2. The van der Waals surface area contributed by atoms with E-state index in [0.29, 0.717) is 25.2 Å². The summed E-state index contributed by atoms with van der Waals surface area (Å²) in [5.41, 5.74) is 4.22. The fraction of sp³-hybridized carbons (Fsp3) is 0.364. The molecule has 1 saturated heterocycles. The van der Waals surface area contributed by atoms with Crippen molar-refractivity contribution in [1.29, 1.82) is 0 Å². The molecule has 3 rings (SSSR count). The molecule has 3 amide bonds. The number of benzene rings is 2. The van der Waals surface area contributed by atoms with E-state index in [0.717, 1.165) is 17.7 Å². The van der Waals surface area contributed by atoms with Crippen molar-refractivity contribution in [2.75, 3.05) is 13.1 Å². The van der Waals surface area contributed by atoms with Gasteiger partial charge in [-0.25, -0.2) is 10.3 Å². The van der Waals surface area contributed by atoms with E-state index in [4.69, 9.17) is 5.21 Å². The molecule has 0 aromatic heterocycles. The fourth-order valence-corrected chi connectivity index (χ4v) is 3.76. The molecular formula is C22H28N4O3. The first-order chi connectivity index (χ1) is 14.0. The molecule has 2 aromatic rings. The predicted molar refractivity (Wildman–Crippen MR) is 110 cm³/mol. The van der Waals surface area contributed by atoms with Gasteiger partial charge in [0.2, 0.25) is 0 Å². The zero-order chi connectivity index (χ0) is 20.8. The molecule has 1 heterocycles. The van der Waals surface area contributed by atoms with Gasteiger partial charge in [-0.2, -0.15) is 0 Å². The molecule has 29 heavy (non-hydrogen) atoms. The number of urea groups is 1. The standard InChI is InChI=1S/C22H28N4O3/c1-16-13-25(22(28)23-12-18-6-4-3-5-7-18)14-17(2)26(16)15-19-8-10-20(11-9-19)21(27)24-29/h3-11,16-17,29H,12-15H2,1-2H3,(H,23,28)(H,24,27)/t16-,17+. The molecule has 154 valence electrons. The minimum Gasteiger partial charge on any atom is -0.334 e. The number of hydrogen-bond acceptors (Lipinski definition) is 4. The molecule has 0 saturated carbocycles. The first kappa shape index (κ1) is 20.8. The Kier molecular flexibility index (Phi) is 6.85. The average Bonchev–Trinajstić information content (AvgIpc) is 2.75. The van der Waals surface area contributed by atoms with E-state index in [1.807, 2.05) is 47.4 Å². The van der Waals surface area contributed by atoms with Crippen molar-refractivity contribution in [3.05, 3.63) is 71.3 Å². The van der Waals surface area contributed by atoms with E-state index in [-0.39, 0.29) is 18.1 Å². The molecule has 7 nitrogen and oxygen atoms in total. The molecule has 7 heteroatoms. The molecule has 2 atom stereocenters. The summed E-state index contributed by atoms with van der Waals surface area (Å²) in [6.07, 6.45) is 0. The Balaban J connectivity index is 1.55. The van der Waals surface area contributed by atoms with Crippen LogP contribution < -0.4 is 10.8 Å². The number of piperazine rings is 1. The summed E-state index contributed by atoms with van der Waals surface area (Å²) in [4.78, 5) is 28.3. The molecule has 1 aliphatic rings. The Morgan fingerprint density at radius 3 is 2.17 bits per heavy atom. The number of carbonyl (C=O) groups is 2. The molecule has 0 aliphatic carbocycles. The molecule has 3 N–H and O–H groups in total. The van der Waals surface area contributed by atoms with E-state index < -0.39 is 5.91 Å². The van der Waals surface area contributed by atoms with E-state index >= 15 is 0 Å². The zero-order valence-corrected chi connectivity index (χ0v) is 16.8. The number of nitrogens with one attached hydrogen (secondary N) is 2. The van der Waals surface area contributed by atoms with E-state index in [1.165, 1.54) is 0 Å². The molecule has 0 unspecified atom stereocenters. The minimum absolute atomic E-state index is 0.0356. The summed E-state index contributed by atoms with van der Waals surface area (Å²) >= 11 is 0. The first-order valence-corrected chi connectivity index (χ1v) is 9.83. The lowest BCUT2D eigenvalue weighted by Crippen LogP contribution is -2.59. The van der Waals surface area contributed by atoms with Crippen LogP contribution >= 0.6 is 0 Å². The van der Waals surface area contributed by atoms with Crippen LogP contribution in [0.5, 0.6) is 0 Å². The zero-order valence-electron chi connectivity index (χ0n) is 16.8. The van der Waals surface area contributed by atoms with Gasteiger partial charge >= 0.3 is 6.03 Å². The lowest BCUT2D eigenvalue weighted by molar-refractivity contribution is 0.0491. The minimum atomic E-state index is -0.520. The fourth-order valence-electron chi connectivity index (χ4n) is 3.76. The van der Waals surface area contributed by atoms with Gasteiger partial charge in [-0.15, -0.1) is 0 Å². The Morgan fingerprint density at radius 1 is 0.966 bits per heavy atom. The number of carbonyl (C=O) groups excluding carboxylic acids is 2. The van der Waals surface area contributed by atoms with Gasteiger partial charge in [0.25, 0.3) is 5.91 Å². The third kappa shape index (κ3) is 5.34. The third-order valence-electron chi connectivity index (χ3n) is 5.36. The summed E-state index contributed by atoms with van der Waals surface area (Å²) in [5.74, 6) is -0.520. The van der Waals surface area contributed by atoms with Crippen molar-refractivity contribution in [3.8, 4) is 0 Å². The number of amides is 3. The second kappa shape index (κ2) is 9.54. The quantitative estimate of drug-likeness (QED) is 0.536. The Labute approximate surface area is 171 Å². The molecule has 1 fully saturated rings. The monoisotopic (exact) mass is 396 g/mol. The Bertz CT molecular complexity index is 814. The van der Waals surface area contributed by atoms with Gasteiger partial charge in [-0.1, -0.05) is 42.5 Å². The lowest BCUT2D eigenvalue weighted by Gasteiger charge is -2.44.